The first kappa shape index (κ1) is 17.1. The Labute approximate surface area is 140 Å². The normalized spacial score (nSPS) is 18.1. The molecule has 1 aromatic rings. The molecule has 0 radical (unpaired) electrons. The van der Waals surface area contributed by atoms with Gasteiger partial charge in [-0.05, 0) is 30.5 Å². The smallest absolute Gasteiger partial charge is 0.225 e. The summed E-state index contributed by atoms with van der Waals surface area (Å²) in [5, 5.41) is 4.01. The Morgan fingerprint density at radius 3 is 2.82 bits per heavy atom. The average Bonchev–Trinajstić information content (AvgIpc) is 2.53. The molecule has 0 spiro atoms. The van der Waals surface area contributed by atoms with Gasteiger partial charge in [0.1, 0.15) is 0 Å². The van der Waals surface area contributed by atoms with Gasteiger partial charge < -0.3 is 10.2 Å². The standard InChI is InChI=1S/C16H20Cl2N2O2/c1-2-15(21)20-7-3-4-12(10-20)16(22)19-9-11-5-6-13(17)8-14(11)18/h5-6,8,12H,2-4,7,9-10H2,1H3,(H,19,22). The molecule has 1 fully saturated rings. The molecular formula is C16H20Cl2N2O2. The number of carbonyl (C=O) groups excluding carboxylic acids is 2. The summed E-state index contributed by atoms with van der Waals surface area (Å²) >= 11 is 11.9. The highest BCUT2D eigenvalue weighted by molar-refractivity contribution is 6.35. The van der Waals surface area contributed by atoms with Gasteiger partial charge in [0.25, 0.3) is 0 Å². The maximum absolute atomic E-state index is 12.3. The number of piperidine rings is 1. The molecule has 1 aliphatic rings. The van der Waals surface area contributed by atoms with Crippen LogP contribution in [-0.4, -0.2) is 29.8 Å². The van der Waals surface area contributed by atoms with E-state index in [0.717, 1.165) is 24.9 Å². The molecule has 1 atom stereocenters. The van der Waals surface area contributed by atoms with Gasteiger partial charge in [0.15, 0.2) is 0 Å². The minimum absolute atomic E-state index is 0.0281. The molecule has 2 amide bonds. The Balaban J connectivity index is 1.90. The van der Waals surface area contributed by atoms with Gasteiger partial charge in [0.05, 0.1) is 5.92 Å². The Morgan fingerprint density at radius 2 is 2.14 bits per heavy atom. The van der Waals surface area contributed by atoms with E-state index < -0.39 is 0 Å². The fourth-order valence-corrected chi connectivity index (χ4v) is 3.11. The summed E-state index contributed by atoms with van der Waals surface area (Å²) < 4.78 is 0. The molecule has 6 heteroatoms. The van der Waals surface area contributed by atoms with Gasteiger partial charge in [-0.3, -0.25) is 9.59 Å². The largest absolute Gasteiger partial charge is 0.352 e. The van der Waals surface area contributed by atoms with Crippen molar-refractivity contribution in [3.8, 4) is 0 Å². The molecule has 0 aliphatic carbocycles. The fourth-order valence-electron chi connectivity index (χ4n) is 2.63. The number of nitrogens with zero attached hydrogens (tertiary/aromatic N) is 1. The molecule has 1 aliphatic heterocycles. The van der Waals surface area contributed by atoms with E-state index in [-0.39, 0.29) is 17.7 Å². The van der Waals surface area contributed by atoms with Crippen molar-refractivity contribution in [3.63, 3.8) is 0 Å². The van der Waals surface area contributed by atoms with Crippen molar-refractivity contribution in [1.82, 2.24) is 10.2 Å². The van der Waals surface area contributed by atoms with E-state index in [1.807, 2.05) is 6.92 Å². The average molecular weight is 343 g/mol. The van der Waals surface area contributed by atoms with Gasteiger partial charge in [-0.2, -0.15) is 0 Å². The van der Waals surface area contributed by atoms with Crippen LogP contribution in [0.3, 0.4) is 0 Å². The Kier molecular flexibility index (Phi) is 6.09. The number of hydrogen-bond donors (Lipinski definition) is 1. The van der Waals surface area contributed by atoms with Crippen molar-refractivity contribution in [1.29, 1.82) is 0 Å². The molecule has 120 valence electrons. The van der Waals surface area contributed by atoms with E-state index in [0.29, 0.717) is 29.6 Å². The minimum Gasteiger partial charge on any atom is -0.352 e. The third kappa shape index (κ3) is 4.37. The lowest BCUT2D eigenvalue weighted by Gasteiger charge is -2.32. The van der Waals surface area contributed by atoms with E-state index in [1.165, 1.54) is 0 Å². The number of hydrogen-bond acceptors (Lipinski definition) is 2. The maximum atomic E-state index is 12.3. The minimum atomic E-state index is -0.143. The lowest BCUT2D eigenvalue weighted by Crippen LogP contribution is -2.45. The Hall–Kier alpha value is -1.26. The maximum Gasteiger partial charge on any atom is 0.225 e. The lowest BCUT2D eigenvalue weighted by atomic mass is 9.97. The summed E-state index contributed by atoms with van der Waals surface area (Å²) in [6.07, 6.45) is 2.16. The number of carbonyl (C=O) groups is 2. The summed E-state index contributed by atoms with van der Waals surface area (Å²) in [6.45, 7) is 3.47. The first-order valence-corrected chi connectivity index (χ1v) is 8.26. The van der Waals surface area contributed by atoms with Crippen LogP contribution in [0.2, 0.25) is 10.0 Å². The molecule has 0 bridgehead atoms. The van der Waals surface area contributed by atoms with Crippen LogP contribution >= 0.6 is 23.2 Å². The highest BCUT2D eigenvalue weighted by atomic mass is 35.5. The third-order valence-electron chi connectivity index (χ3n) is 3.92. The van der Waals surface area contributed by atoms with E-state index in [4.69, 9.17) is 23.2 Å². The number of halogens is 2. The van der Waals surface area contributed by atoms with Crippen LogP contribution in [0.4, 0.5) is 0 Å². The van der Waals surface area contributed by atoms with Gasteiger partial charge in [0.2, 0.25) is 11.8 Å². The summed E-state index contributed by atoms with van der Waals surface area (Å²) in [5.41, 5.74) is 0.830. The van der Waals surface area contributed by atoms with E-state index in [1.54, 1.807) is 23.1 Å². The fraction of sp³-hybridized carbons (Fsp3) is 0.500. The van der Waals surface area contributed by atoms with Crippen LogP contribution in [0.25, 0.3) is 0 Å². The zero-order chi connectivity index (χ0) is 16.1. The summed E-state index contributed by atoms with van der Waals surface area (Å²) in [6, 6.07) is 5.21. The SMILES string of the molecule is CCC(=O)N1CCCC(C(=O)NCc2ccc(Cl)cc2Cl)C1. The molecular weight excluding hydrogens is 323 g/mol. The Bertz CT molecular complexity index is 563. The quantitative estimate of drug-likeness (QED) is 0.912. The third-order valence-corrected chi connectivity index (χ3v) is 4.50. The zero-order valence-electron chi connectivity index (χ0n) is 12.6. The molecule has 2 rings (SSSR count). The van der Waals surface area contributed by atoms with Crippen LogP contribution in [0.15, 0.2) is 18.2 Å². The van der Waals surface area contributed by atoms with Crippen LogP contribution in [-0.2, 0) is 16.1 Å². The first-order valence-electron chi connectivity index (χ1n) is 7.50. The molecule has 22 heavy (non-hydrogen) atoms. The number of amides is 2. The zero-order valence-corrected chi connectivity index (χ0v) is 14.1. The number of likely N-dealkylation sites (tertiary alicyclic amines) is 1. The lowest BCUT2D eigenvalue weighted by molar-refractivity contribution is -0.135. The number of nitrogens with one attached hydrogen (secondary N) is 1. The predicted octanol–water partition coefficient (Wildman–Crippen LogP) is 3.26. The van der Waals surface area contributed by atoms with Gasteiger partial charge in [-0.15, -0.1) is 0 Å². The molecule has 1 aromatic carbocycles. The van der Waals surface area contributed by atoms with Gasteiger partial charge in [-0.25, -0.2) is 0 Å². The second-order valence-electron chi connectivity index (χ2n) is 5.49. The molecule has 1 unspecified atom stereocenters. The first-order chi connectivity index (χ1) is 10.5. The molecule has 1 heterocycles. The molecule has 4 nitrogen and oxygen atoms in total. The molecule has 0 saturated carbocycles. The monoisotopic (exact) mass is 342 g/mol. The summed E-state index contributed by atoms with van der Waals surface area (Å²) in [4.78, 5) is 25.8. The number of benzene rings is 1. The van der Waals surface area contributed by atoms with Crippen molar-refractivity contribution in [3.05, 3.63) is 33.8 Å². The summed E-state index contributed by atoms with van der Waals surface area (Å²) in [7, 11) is 0. The van der Waals surface area contributed by atoms with Crippen LogP contribution in [0, 0.1) is 5.92 Å². The van der Waals surface area contributed by atoms with Crippen LogP contribution < -0.4 is 5.32 Å². The van der Waals surface area contributed by atoms with E-state index in [2.05, 4.69) is 5.32 Å². The van der Waals surface area contributed by atoms with E-state index in [9.17, 15) is 9.59 Å². The van der Waals surface area contributed by atoms with Gasteiger partial charge in [0, 0.05) is 36.1 Å². The molecule has 0 aromatic heterocycles. The molecule has 1 N–H and O–H groups in total. The second-order valence-corrected chi connectivity index (χ2v) is 6.33. The highest BCUT2D eigenvalue weighted by Crippen LogP contribution is 2.21. The predicted molar refractivity (Wildman–Crippen MR) is 87.9 cm³/mol. The van der Waals surface area contributed by atoms with Crippen LogP contribution in [0.1, 0.15) is 31.7 Å². The van der Waals surface area contributed by atoms with Crippen molar-refractivity contribution in [2.45, 2.75) is 32.7 Å². The van der Waals surface area contributed by atoms with Crippen molar-refractivity contribution >= 4 is 35.0 Å². The molecule has 1 saturated heterocycles. The van der Waals surface area contributed by atoms with Crippen molar-refractivity contribution in [2.24, 2.45) is 5.92 Å². The van der Waals surface area contributed by atoms with Crippen LogP contribution in [0.5, 0.6) is 0 Å². The summed E-state index contributed by atoms with van der Waals surface area (Å²) in [5.74, 6) is -0.0619. The highest BCUT2D eigenvalue weighted by Gasteiger charge is 2.27. The van der Waals surface area contributed by atoms with Gasteiger partial charge >= 0.3 is 0 Å². The topological polar surface area (TPSA) is 49.4 Å². The van der Waals surface area contributed by atoms with E-state index >= 15 is 0 Å². The Morgan fingerprint density at radius 1 is 1.36 bits per heavy atom. The number of rotatable bonds is 4. The van der Waals surface area contributed by atoms with Crippen molar-refractivity contribution < 1.29 is 9.59 Å². The van der Waals surface area contributed by atoms with Crippen molar-refractivity contribution in [2.75, 3.05) is 13.1 Å². The van der Waals surface area contributed by atoms with Gasteiger partial charge in [-0.1, -0.05) is 36.2 Å². The second kappa shape index (κ2) is 7.84.